The zero-order chi connectivity index (χ0) is 13.9. The molecule has 1 atom stereocenters. The second-order valence-corrected chi connectivity index (χ2v) is 5.77. The SMILES string of the molecule is FC(F)(F)C(NCc1ccc(Cl)s1)c1ccccc1. The Kier molecular flexibility index (Phi) is 4.50. The van der Waals surface area contributed by atoms with Crippen LogP contribution in [-0.2, 0) is 6.54 Å². The van der Waals surface area contributed by atoms with Crippen molar-refractivity contribution in [1.82, 2.24) is 5.32 Å². The van der Waals surface area contributed by atoms with Gasteiger partial charge in [-0.3, -0.25) is 5.32 Å². The van der Waals surface area contributed by atoms with E-state index in [4.69, 9.17) is 11.6 Å². The normalized spacial score (nSPS) is 13.5. The van der Waals surface area contributed by atoms with Crippen molar-refractivity contribution in [2.75, 3.05) is 0 Å². The molecule has 0 spiro atoms. The van der Waals surface area contributed by atoms with Crippen molar-refractivity contribution in [2.24, 2.45) is 0 Å². The minimum Gasteiger partial charge on any atom is -0.298 e. The van der Waals surface area contributed by atoms with Gasteiger partial charge in [0.15, 0.2) is 0 Å². The molecule has 19 heavy (non-hydrogen) atoms. The van der Waals surface area contributed by atoms with Gasteiger partial charge in [-0.1, -0.05) is 41.9 Å². The number of hydrogen-bond acceptors (Lipinski definition) is 2. The van der Waals surface area contributed by atoms with Gasteiger partial charge in [0.05, 0.1) is 4.34 Å². The largest absolute Gasteiger partial charge is 0.407 e. The molecule has 1 heterocycles. The van der Waals surface area contributed by atoms with Gasteiger partial charge < -0.3 is 0 Å². The Morgan fingerprint density at radius 1 is 1.11 bits per heavy atom. The number of thiophene rings is 1. The molecule has 0 aliphatic rings. The van der Waals surface area contributed by atoms with Gasteiger partial charge >= 0.3 is 6.18 Å². The Labute approximate surface area is 118 Å². The molecule has 6 heteroatoms. The van der Waals surface area contributed by atoms with Crippen LogP contribution in [0.1, 0.15) is 16.5 Å². The molecule has 0 saturated heterocycles. The van der Waals surface area contributed by atoms with Crippen molar-refractivity contribution in [3.8, 4) is 0 Å². The topological polar surface area (TPSA) is 12.0 Å². The standard InChI is InChI=1S/C13H11ClF3NS/c14-11-7-6-10(19-11)8-18-12(13(15,16)17)9-4-2-1-3-5-9/h1-7,12,18H,8H2. The highest BCUT2D eigenvalue weighted by atomic mass is 35.5. The zero-order valence-electron chi connectivity index (χ0n) is 9.75. The predicted octanol–water partition coefficient (Wildman–Crippen LogP) is 4.79. The van der Waals surface area contributed by atoms with Gasteiger partial charge in [0.1, 0.15) is 6.04 Å². The first kappa shape index (κ1) is 14.4. The first-order valence-corrected chi connectivity index (χ1v) is 6.75. The summed E-state index contributed by atoms with van der Waals surface area (Å²) in [4.78, 5) is 0.773. The molecule has 1 unspecified atom stereocenters. The Bertz CT molecular complexity index is 524. The molecule has 0 amide bonds. The summed E-state index contributed by atoms with van der Waals surface area (Å²) < 4.78 is 39.7. The summed E-state index contributed by atoms with van der Waals surface area (Å²) in [7, 11) is 0. The maximum Gasteiger partial charge on any atom is 0.407 e. The van der Waals surface area contributed by atoms with E-state index in [9.17, 15) is 13.2 Å². The summed E-state index contributed by atoms with van der Waals surface area (Å²) in [6.45, 7) is 0.135. The van der Waals surface area contributed by atoms with Crippen molar-refractivity contribution < 1.29 is 13.2 Å². The number of halogens is 4. The molecule has 2 rings (SSSR count). The van der Waals surface area contributed by atoms with Crippen LogP contribution in [0, 0.1) is 0 Å². The smallest absolute Gasteiger partial charge is 0.298 e. The molecule has 1 N–H and O–H groups in total. The molecule has 2 aromatic rings. The van der Waals surface area contributed by atoms with Crippen LogP contribution in [0.4, 0.5) is 13.2 Å². The third kappa shape index (κ3) is 3.96. The van der Waals surface area contributed by atoms with E-state index in [1.807, 2.05) is 0 Å². The molecule has 1 aromatic heterocycles. The maximum atomic E-state index is 13.0. The van der Waals surface area contributed by atoms with Crippen molar-refractivity contribution in [3.05, 3.63) is 57.2 Å². The third-order valence-electron chi connectivity index (χ3n) is 2.57. The van der Waals surface area contributed by atoms with Crippen LogP contribution in [0.3, 0.4) is 0 Å². The predicted molar refractivity (Wildman–Crippen MR) is 71.4 cm³/mol. The zero-order valence-corrected chi connectivity index (χ0v) is 11.3. The van der Waals surface area contributed by atoms with Crippen LogP contribution < -0.4 is 5.32 Å². The molecule has 1 aromatic carbocycles. The Hall–Kier alpha value is -1.04. The lowest BCUT2D eigenvalue weighted by Crippen LogP contribution is -2.33. The van der Waals surface area contributed by atoms with E-state index in [2.05, 4.69) is 5.32 Å². The van der Waals surface area contributed by atoms with E-state index in [1.54, 1.807) is 30.3 Å². The number of benzene rings is 1. The van der Waals surface area contributed by atoms with Crippen LogP contribution in [0.5, 0.6) is 0 Å². The molecule has 1 nitrogen and oxygen atoms in total. The lowest BCUT2D eigenvalue weighted by molar-refractivity contribution is -0.158. The van der Waals surface area contributed by atoms with E-state index in [0.29, 0.717) is 4.34 Å². The van der Waals surface area contributed by atoms with Gasteiger partial charge in [-0.2, -0.15) is 13.2 Å². The number of alkyl halides is 3. The van der Waals surface area contributed by atoms with Crippen LogP contribution in [0.2, 0.25) is 4.34 Å². The minimum absolute atomic E-state index is 0.135. The second-order valence-electron chi connectivity index (χ2n) is 3.97. The molecule has 0 fully saturated rings. The maximum absolute atomic E-state index is 13.0. The average molecular weight is 306 g/mol. The number of hydrogen-bond donors (Lipinski definition) is 1. The van der Waals surface area contributed by atoms with Crippen LogP contribution in [0.25, 0.3) is 0 Å². The molecule has 0 radical (unpaired) electrons. The monoisotopic (exact) mass is 305 g/mol. The molecule has 0 aliphatic heterocycles. The molecular weight excluding hydrogens is 295 g/mol. The first-order valence-electron chi connectivity index (χ1n) is 5.56. The second kappa shape index (κ2) is 5.94. The van der Waals surface area contributed by atoms with Crippen molar-refractivity contribution in [1.29, 1.82) is 0 Å². The molecule has 0 bridgehead atoms. The highest BCUT2D eigenvalue weighted by molar-refractivity contribution is 7.16. The van der Waals surface area contributed by atoms with Gasteiger partial charge in [0, 0.05) is 11.4 Å². The van der Waals surface area contributed by atoms with Gasteiger partial charge in [0.2, 0.25) is 0 Å². The van der Waals surface area contributed by atoms with Crippen LogP contribution in [0.15, 0.2) is 42.5 Å². The molecule has 0 saturated carbocycles. The fourth-order valence-electron chi connectivity index (χ4n) is 1.72. The summed E-state index contributed by atoms with van der Waals surface area (Å²) in [6, 6.07) is 9.53. The summed E-state index contributed by atoms with van der Waals surface area (Å²) in [5.74, 6) is 0. The number of nitrogens with one attached hydrogen (secondary N) is 1. The summed E-state index contributed by atoms with van der Waals surface area (Å²) in [6.07, 6.45) is -4.33. The Balaban J connectivity index is 2.11. The fourth-order valence-corrected chi connectivity index (χ4v) is 2.76. The third-order valence-corrected chi connectivity index (χ3v) is 3.80. The fraction of sp³-hybridized carbons (Fsp3) is 0.231. The Morgan fingerprint density at radius 2 is 1.79 bits per heavy atom. The van der Waals surface area contributed by atoms with Gasteiger partial charge in [-0.15, -0.1) is 11.3 Å². The summed E-state index contributed by atoms with van der Waals surface area (Å²) in [5.41, 5.74) is 0.206. The van der Waals surface area contributed by atoms with Crippen molar-refractivity contribution in [2.45, 2.75) is 18.8 Å². The van der Waals surface area contributed by atoms with E-state index in [1.165, 1.54) is 23.5 Å². The minimum atomic E-state index is -4.33. The van der Waals surface area contributed by atoms with Crippen LogP contribution in [-0.4, -0.2) is 6.18 Å². The van der Waals surface area contributed by atoms with E-state index in [-0.39, 0.29) is 12.1 Å². The average Bonchev–Trinajstić information content (AvgIpc) is 2.75. The van der Waals surface area contributed by atoms with E-state index >= 15 is 0 Å². The molecule has 0 aliphatic carbocycles. The lowest BCUT2D eigenvalue weighted by Gasteiger charge is -2.21. The van der Waals surface area contributed by atoms with Crippen molar-refractivity contribution >= 4 is 22.9 Å². The van der Waals surface area contributed by atoms with Gasteiger partial charge in [0.25, 0.3) is 0 Å². The molecular formula is C13H11ClF3NS. The highest BCUT2D eigenvalue weighted by Crippen LogP contribution is 2.33. The summed E-state index contributed by atoms with van der Waals surface area (Å²) in [5, 5.41) is 2.53. The number of rotatable bonds is 4. The van der Waals surface area contributed by atoms with Gasteiger partial charge in [-0.05, 0) is 17.7 Å². The Morgan fingerprint density at radius 3 is 2.32 bits per heavy atom. The molecule has 102 valence electrons. The van der Waals surface area contributed by atoms with Gasteiger partial charge in [-0.25, -0.2) is 0 Å². The van der Waals surface area contributed by atoms with Crippen LogP contribution >= 0.6 is 22.9 Å². The van der Waals surface area contributed by atoms with Crippen molar-refractivity contribution in [3.63, 3.8) is 0 Å². The van der Waals surface area contributed by atoms with E-state index in [0.717, 1.165) is 4.88 Å². The highest BCUT2D eigenvalue weighted by Gasteiger charge is 2.40. The van der Waals surface area contributed by atoms with E-state index < -0.39 is 12.2 Å². The lowest BCUT2D eigenvalue weighted by atomic mass is 10.1. The summed E-state index contributed by atoms with van der Waals surface area (Å²) >= 11 is 7.02. The first-order chi connectivity index (χ1) is 8.97. The quantitative estimate of drug-likeness (QED) is 0.856.